The van der Waals surface area contributed by atoms with Gasteiger partial charge in [-0.1, -0.05) is 13.8 Å². The maximum Gasteiger partial charge on any atom is 0.227 e. The van der Waals surface area contributed by atoms with Crippen molar-refractivity contribution in [2.24, 2.45) is 17.6 Å². The van der Waals surface area contributed by atoms with E-state index in [1.807, 2.05) is 20.8 Å². The molecule has 0 aliphatic rings. The van der Waals surface area contributed by atoms with E-state index in [4.69, 9.17) is 5.73 Å². The van der Waals surface area contributed by atoms with E-state index in [-0.39, 0.29) is 17.7 Å². The smallest absolute Gasteiger partial charge is 0.227 e. The highest BCUT2D eigenvalue weighted by molar-refractivity contribution is 5.79. The first-order valence-electron chi connectivity index (χ1n) is 5.94. The first-order valence-corrected chi connectivity index (χ1v) is 5.94. The summed E-state index contributed by atoms with van der Waals surface area (Å²) in [4.78, 5) is 13.8. The number of aliphatic hydroxyl groups is 1. The van der Waals surface area contributed by atoms with Crippen molar-refractivity contribution in [1.29, 1.82) is 0 Å². The number of amides is 1. The van der Waals surface area contributed by atoms with Gasteiger partial charge in [0.1, 0.15) is 0 Å². The molecule has 1 unspecified atom stereocenters. The van der Waals surface area contributed by atoms with Crippen molar-refractivity contribution in [2.45, 2.75) is 40.2 Å². The summed E-state index contributed by atoms with van der Waals surface area (Å²) in [6.45, 7) is 10.6. The molecule has 0 rings (SSSR count). The molecule has 0 fully saturated rings. The zero-order valence-electron chi connectivity index (χ0n) is 11.2. The molecule has 16 heavy (non-hydrogen) atoms. The highest BCUT2D eigenvalue weighted by atomic mass is 16.3. The van der Waals surface area contributed by atoms with E-state index in [0.29, 0.717) is 19.6 Å². The first kappa shape index (κ1) is 15.4. The molecule has 4 heteroatoms. The maximum absolute atomic E-state index is 12.2. The van der Waals surface area contributed by atoms with Gasteiger partial charge in [0.25, 0.3) is 0 Å². The van der Waals surface area contributed by atoms with Gasteiger partial charge in [-0.3, -0.25) is 4.79 Å². The van der Waals surface area contributed by atoms with Crippen LogP contribution >= 0.6 is 0 Å². The third-order valence-corrected chi connectivity index (χ3v) is 2.65. The predicted molar refractivity (Wildman–Crippen MR) is 65.9 cm³/mol. The lowest BCUT2D eigenvalue weighted by Gasteiger charge is -2.32. The van der Waals surface area contributed by atoms with Gasteiger partial charge in [-0.2, -0.15) is 0 Å². The Bertz CT molecular complexity index is 222. The molecule has 1 atom stereocenters. The third kappa shape index (κ3) is 4.94. The van der Waals surface area contributed by atoms with Gasteiger partial charge < -0.3 is 15.7 Å². The zero-order valence-corrected chi connectivity index (χ0v) is 11.2. The molecule has 0 aliphatic heterocycles. The normalized spacial score (nSPS) is 14.0. The molecule has 0 radical (unpaired) electrons. The molecule has 0 bridgehead atoms. The van der Waals surface area contributed by atoms with E-state index in [9.17, 15) is 9.90 Å². The number of hydrogen-bond acceptors (Lipinski definition) is 3. The summed E-state index contributed by atoms with van der Waals surface area (Å²) in [6, 6.07) is 0. The van der Waals surface area contributed by atoms with Crippen molar-refractivity contribution in [3.05, 3.63) is 0 Å². The lowest BCUT2D eigenvalue weighted by molar-refractivity contribution is -0.139. The highest BCUT2D eigenvalue weighted by Gasteiger charge is 2.28. The van der Waals surface area contributed by atoms with Gasteiger partial charge in [0, 0.05) is 19.6 Å². The van der Waals surface area contributed by atoms with Crippen molar-refractivity contribution < 1.29 is 9.90 Å². The molecule has 96 valence electrons. The van der Waals surface area contributed by atoms with Gasteiger partial charge in [-0.05, 0) is 26.7 Å². The van der Waals surface area contributed by atoms with Crippen molar-refractivity contribution in [3.63, 3.8) is 0 Å². The van der Waals surface area contributed by atoms with Crippen LogP contribution in [0.25, 0.3) is 0 Å². The lowest BCUT2D eigenvalue weighted by atomic mass is 9.94. The van der Waals surface area contributed by atoms with Crippen LogP contribution in [-0.4, -0.2) is 41.1 Å². The van der Waals surface area contributed by atoms with Crippen molar-refractivity contribution in [1.82, 2.24) is 4.90 Å². The number of nitrogens with zero attached hydrogens (tertiary/aromatic N) is 1. The second-order valence-electron chi connectivity index (χ2n) is 5.25. The molecule has 0 saturated carbocycles. The van der Waals surface area contributed by atoms with Crippen LogP contribution in [-0.2, 0) is 4.79 Å². The Morgan fingerprint density at radius 2 is 1.94 bits per heavy atom. The average Bonchev–Trinajstić information content (AvgIpc) is 2.13. The van der Waals surface area contributed by atoms with Crippen molar-refractivity contribution >= 4 is 5.91 Å². The van der Waals surface area contributed by atoms with Crippen LogP contribution in [0.3, 0.4) is 0 Å². The first-order chi connectivity index (χ1) is 7.22. The van der Waals surface area contributed by atoms with Gasteiger partial charge in [-0.25, -0.2) is 0 Å². The Kier molecular flexibility index (Phi) is 5.97. The maximum atomic E-state index is 12.2. The number of carbonyl (C=O) groups is 1. The topological polar surface area (TPSA) is 66.6 Å². The minimum Gasteiger partial charge on any atom is -0.389 e. The van der Waals surface area contributed by atoms with Crippen LogP contribution in [0.15, 0.2) is 0 Å². The molecule has 4 nitrogen and oxygen atoms in total. The number of carbonyl (C=O) groups excluding carboxylic acids is 1. The summed E-state index contributed by atoms with van der Waals surface area (Å²) < 4.78 is 0. The Labute approximate surface area is 98.8 Å². The van der Waals surface area contributed by atoms with E-state index in [0.717, 1.165) is 0 Å². The Morgan fingerprint density at radius 3 is 2.19 bits per heavy atom. The van der Waals surface area contributed by atoms with E-state index >= 15 is 0 Å². The van der Waals surface area contributed by atoms with Gasteiger partial charge in [0.15, 0.2) is 0 Å². The van der Waals surface area contributed by atoms with Crippen LogP contribution in [0.2, 0.25) is 0 Å². The second-order valence-corrected chi connectivity index (χ2v) is 5.25. The fourth-order valence-electron chi connectivity index (χ4n) is 1.71. The van der Waals surface area contributed by atoms with E-state index < -0.39 is 5.60 Å². The van der Waals surface area contributed by atoms with Gasteiger partial charge >= 0.3 is 0 Å². The Hall–Kier alpha value is -0.610. The van der Waals surface area contributed by atoms with Crippen LogP contribution in [0, 0.1) is 11.8 Å². The second kappa shape index (κ2) is 6.21. The summed E-state index contributed by atoms with van der Waals surface area (Å²) in [7, 11) is 0. The third-order valence-electron chi connectivity index (χ3n) is 2.65. The lowest BCUT2D eigenvalue weighted by Crippen LogP contribution is -2.47. The number of hydrogen-bond donors (Lipinski definition) is 2. The molecule has 0 spiro atoms. The zero-order chi connectivity index (χ0) is 12.9. The molecular formula is C12H26N2O2. The summed E-state index contributed by atoms with van der Waals surface area (Å²) >= 11 is 0. The molecule has 0 aliphatic carbocycles. The number of rotatable bonds is 6. The monoisotopic (exact) mass is 230 g/mol. The Morgan fingerprint density at radius 1 is 1.44 bits per heavy atom. The fraction of sp³-hybridized carbons (Fsp3) is 0.917. The van der Waals surface area contributed by atoms with Crippen molar-refractivity contribution in [3.8, 4) is 0 Å². The highest BCUT2D eigenvalue weighted by Crippen LogP contribution is 2.15. The molecule has 0 heterocycles. The Balaban J connectivity index is 4.64. The summed E-state index contributed by atoms with van der Waals surface area (Å²) in [5.74, 6) is 0.123. The van der Waals surface area contributed by atoms with E-state index in [2.05, 4.69) is 0 Å². The number of likely N-dealkylation sites (N-methyl/N-ethyl adjacent to an activating group) is 1. The number of nitrogens with two attached hydrogens (primary N) is 1. The minimum absolute atomic E-state index is 0.0436. The molecule has 0 aromatic rings. The molecule has 3 N–H and O–H groups in total. The summed E-state index contributed by atoms with van der Waals surface area (Å²) in [6.07, 6.45) is 0. The summed E-state index contributed by atoms with van der Waals surface area (Å²) in [5.41, 5.74) is 4.76. The van der Waals surface area contributed by atoms with Gasteiger partial charge in [-0.15, -0.1) is 0 Å². The standard InChI is InChI=1S/C12H26N2O2/c1-6-14(8-12(4,5)16)11(15)10(7-13)9(2)3/h9-10,16H,6-8,13H2,1-5H3. The van der Waals surface area contributed by atoms with Crippen LogP contribution in [0.5, 0.6) is 0 Å². The van der Waals surface area contributed by atoms with Crippen LogP contribution < -0.4 is 5.73 Å². The molecular weight excluding hydrogens is 204 g/mol. The average molecular weight is 230 g/mol. The summed E-state index contributed by atoms with van der Waals surface area (Å²) in [5, 5.41) is 9.74. The largest absolute Gasteiger partial charge is 0.389 e. The molecule has 0 saturated heterocycles. The van der Waals surface area contributed by atoms with Crippen molar-refractivity contribution in [2.75, 3.05) is 19.6 Å². The van der Waals surface area contributed by atoms with Gasteiger partial charge in [0.05, 0.1) is 11.5 Å². The van der Waals surface area contributed by atoms with Crippen LogP contribution in [0.4, 0.5) is 0 Å². The molecule has 0 aromatic carbocycles. The van der Waals surface area contributed by atoms with E-state index in [1.54, 1.807) is 18.7 Å². The fourth-order valence-corrected chi connectivity index (χ4v) is 1.71. The van der Waals surface area contributed by atoms with E-state index in [1.165, 1.54) is 0 Å². The minimum atomic E-state index is -0.859. The quantitative estimate of drug-likeness (QED) is 0.710. The SMILES string of the molecule is CCN(CC(C)(C)O)C(=O)C(CN)C(C)C. The molecule has 0 aromatic heterocycles. The molecule has 1 amide bonds. The predicted octanol–water partition coefficient (Wildman–Crippen LogP) is 0.837. The van der Waals surface area contributed by atoms with Crippen LogP contribution in [0.1, 0.15) is 34.6 Å². The van der Waals surface area contributed by atoms with Gasteiger partial charge in [0.2, 0.25) is 5.91 Å².